The Morgan fingerprint density at radius 3 is 2.52 bits per heavy atom. The fourth-order valence-electron chi connectivity index (χ4n) is 5.13. The molecular weight excluding hydrogens is 615 g/mol. The van der Waals surface area contributed by atoms with Crippen LogP contribution in [0.25, 0.3) is 11.1 Å². The number of piperidine rings is 1. The van der Waals surface area contributed by atoms with Crippen LogP contribution in [0.1, 0.15) is 51.2 Å². The third kappa shape index (κ3) is 10.2. The van der Waals surface area contributed by atoms with E-state index in [2.05, 4.69) is 16.1 Å². The highest BCUT2D eigenvalue weighted by Crippen LogP contribution is 2.32. The molecule has 0 aromatic heterocycles. The second kappa shape index (κ2) is 15.7. The van der Waals surface area contributed by atoms with Crippen LogP contribution < -0.4 is 10.0 Å². The Labute approximate surface area is 274 Å². The molecule has 0 spiro atoms. The molecule has 1 saturated heterocycles. The Hall–Kier alpha value is -3.22. The summed E-state index contributed by atoms with van der Waals surface area (Å²) in [5.41, 5.74) is 2.78. The van der Waals surface area contributed by atoms with Crippen molar-refractivity contribution in [1.29, 1.82) is 5.26 Å². The van der Waals surface area contributed by atoms with Crippen LogP contribution in [0.5, 0.6) is 0 Å². The first-order valence-corrected chi connectivity index (χ1v) is 16.3. The van der Waals surface area contributed by atoms with Crippen LogP contribution >= 0.6 is 35.1 Å². The van der Waals surface area contributed by atoms with Crippen molar-refractivity contribution in [2.24, 2.45) is 5.92 Å². The molecule has 0 radical (unpaired) electrons. The molecule has 1 heterocycles. The molecule has 0 aliphatic carbocycles. The van der Waals surface area contributed by atoms with E-state index in [9.17, 15) is 14.9 Å². The molecule has 2 amide bonds. The van der Waals surface area contributed by atoms with Crippen LogP contribution in [0.4, 0.5) is 4.79 Å². The number of hydrogen-bond donors (Lipinski definition) is 2. The van der Waals surface area contributed by atoms with Crippen LogP contribution in [-0.2, 0) is 16.0 Å². The number of amides is 2. The van der Waals surface area contributed by atoms with Crippen LogP contribution in [0.2, 0.25) is 10.0 Å². The lowest BCUT2D eigenvalue weighted by atomic mass is 9.93. The van der Waals surface area contributed by atoms with Gasteiger partial charge in [0.1, 0.15) is 11.6 Å². The lowest BCUT2D eigenvalue weighted by molar-refractivity contribution is -0.134. The van der Waals surface area contributed by atoms with Crippen LogP contribution in [-0.4, -0.2) is 48.2 Å². The molecule has 2 N–H and O–H groups in total. The summed E-state index contributed by atoms with van der Waals surface area (Å²) in [4.78, 5) is 28.7. The van der Waals surface area contributed by atoms with Crippen LogP contribution in [0.3, 0.4) is 0 Å². The number of alkyl carbamates (subject to hydrolysis) is 1. The number of hydrogen-bond acceptors (Lipinski definition) is 6. The van der Waals surface area contributed by atoms with E-state index >= 15 is 0 Å². The fourth-order valence-corrected chi connectivity index (χ4v) is 6.44. The molecule has 1 aliphatic heterocycles. The summed E-state index contributed by atoms with van der Waals surface area (Å²) < 4.78 is 8.74. The molecule has 4 rings (SSSR count). The Balaban J connectivity index is 1.39. The minimum absolute atomic E-state index is 0.0297. The molecule has 10 heteroatoms. The number of nitrogens with zero attached hydrogens (tertiary/aromatic N) is 2. The number of rotatable bonds is 10. The molecule has 1 atom stereocenters. The summed E-state index contributed by atoms with van der Waals surface area (Å²) >= 11 is 13.9. The van der Waals surface area contributed by atoms with Gasteiger partial charge in [0.05, 0.1) is 11.6 Å². The summed E-state index contributed by atoms with van der Waals surface area (Å²) in [5.74, 6) is 0.451. The van der Waals surface area contributed by atoms with Gasteiger partial charge < -0.3 is 15.0 Å². The zero-order valence-corrected chi connectivity index (χ0v) is 27.6. The molecular formula is C34H38Cl2N4O3S. The number of ether oxygens (including phenoxy) is 1. The van der Waals surface area contributed by atoms with Crippen molar-refractivity contribution in [1.82, 2.24) is 14.9 Å². The maximum Gasteiger partial charge on any atom is 0.407 e. The molecule has 3 aromatic rings. The van der Waals surface area contributed by atoms with Gasteiger partial charge in [-0.05, 0) is 112 Å². The summed E-state index contributed by atoms with van der Waals surface area (Å²) in [5, 5.41) is 13.4. The topological polar surface area (TPSA) is 94.5 Å². The van der Waals surface area contributed by atoms with Gasteiger partial charge >= 0.3 is 6.09 Å². The van der Waals surface area contributed by atoms with E-state index in [4.69, 9.17) is 27.9 Å². The first-order chi connectivity index (χ1) is 21.0. The average Bonchev–Trinajstić information content (AvgIpc) is 2.98. The van der Waals surface area contributed by atoms with Crippen molar-refractivity contribution in [2.75, 3.05) is 19.6 Å². The summed E-state index contributed by atoms with van der Waals surface area (Å²) in [6.07, 6.45) is 2.63. The van der Waals surface area contributed by atoms with E-state index in [1.807, 2.05) is 80.3 Å². The Kier molecular flexibility index (Phi) is 12.0. The number of likely N-dealkylation sites (tertiary alicyclic amines) is 1. The third-order valence-corrected chi connectivity index (χ3v) is 8.78. The average molecular weight is 654 g/mol. The highest BCUT2D eigenvalue weighted by atomic mass is 35.5. The van der Waals surface area contributed by atoms with Gasteiger partial charge in [-0.3, -0.25) is 4.79 Å². The normalized spacial score (nSPS) is 14.5. The van der Waals surface area contributed by atoms with E-state index < -0.39 is 17.7 Å². The van der Waals surface area contributed by atoms with Gasteiger partial charge in [0.25, 0.3) is 0 Å². The quantitative estimate of drug-likeness (QED) is 0.216. The molecule has 3 aromatic carbocycles. The highest BCUT2D eigenvalue weighted by molar-refractivity contribution is 7.97. The fraction of sp³-hybridized carbons (Fsp3) is 0.382. The monoisotopic (exact) mass is 652 g/mol. The van der Waals surface area contributed by atoms with Crippen molar-refractivity contribution in [2.45, 2.75) is 63.0 Å². The maximum absolute atomic E-state index is 13.9. The Morgan fingerprint density at radius 2 is 1.82 bits per heavy atom. The van der Waals surface area contributed by atoms with E-state index in [0.29, 0.717) is 47.6 Å². The van der Waals surface area contributed by atoms with Crippen molar-refractivity contribution in [3.8, 4) is 17.2 Å². The molecule has 0 bridgehead atoms. The van der Waals surface area contributed by atoms with Crippen molar-refractivity contribution < 1.29 is 14.3 Å². The largest absolute Gasteiger partial charge is 0.444 e. The molecule has 7 nitrogen and oxygen atoms in total. The predicted octanol–water partition coefficient (Wildman–Crippen LogP) is 7.89. The zero-order chi connectivity index (χ0) is 31.7. The summed E-state index contributed by atoms with van der Waals surface area (Å²) in [6.45, 7) is 7.38. The number of halogens is 2. The lowest BCUT2D eigenvalue weighted by Gasteiger charge is -2.34. The second-order valence-corrected chi connectivity index (χ2v) is 13.7. The minimum atomic E-state index is -0.526. The van der Waals surface area contributed by atoms with Gasteiger partial charge in [0.15, 0.2) is 0 Å². The number of nitriles is 1. The molecule has 44 heavy (non-hydrogen) atoms. The number of nitrogens with one attached hydrogen (secondary N) is 2. The minimum Gasteiger partial charge on any atom is -0.444 e. The van der Waals surface area contributed by atoms with E-state index in [-0.39, 0.29) is 5.91 Å². The molecule has 232 valence electrons. The van der Waals surface area contributed by atoms with Gasteiger partial charge in [-0.2, -0.15) is 5.26 Å². The standard InChI is InChI=1S/C34H38Cl2N4O3S/c1-34(2,3)43-33(42)38-15-12-23-13-16-40(17-14-23)32(41)31(19-24-6-4-7-25(18-24)22-37)39-44-28-9-5-8-26(20-28)29-11-10-27(35)21-30(29)36/h4-11,18,20-21,23,31,39H,12-17,19H2,1-3H3,(H,38,42). The lowest BCUT2D eigenvalue weighted by Crippen LogP contribution is -2.48. The molecule has 0 saturated carbocycles. The summed E-state index contributed by atoms with van der Waals surface area (Å²) in [6, 6.07) is 22.5. The van der Waals surface area contributed by atoms with Gasteiger partial charge in [0.2, 0.25) is 5.91 Å². The maximum atomic E-state index is 13.9. The second-order valence-electron chi connectivity index (χ2n) is 11.9. The first kappa shape index (κ1) is 33.7. The van der Waals surface area contributed by atoms with Crippen LogP contribution in [0.15, 0.2) is 71.6 Å². The Morgan fingerprint density at radius 1 is 1.07 bits per heavy atom. The van der Waals surface area contributed by atoms with E-state index in [0.717, 1.165) is 40.8 Å². The first-order valence-electron chi connectivity index (χ1n) is 14.7. The molecule has 1 unspecified atom stereocenters. The van der Waals surface area contributed by atoms with Crippen molar-refractivity contribution in [3.63, 3.8) is 0 Å². The number of benzene rings is 3. The summed E-state index contributed by atoms with van der Waals surface area (Å²) in [7, 11) is 0. The van der Waals surface area contributed by atoms with E-state index in [1.54, 1.807) is 12.1 Å². The van der Waals surface area contributed by atoms with E-state index in [1.165, 1.54) is 11.9 Å². The molecule has 1 aliphatic rings. The molecule has 1 fully saturated rings. The zero-order valence-electron chi connectivity index (χ0n) is 25.2. The number of carbonyl (C=O) groups is 2. The highest BCUT2D eigenvalue weighted by Gasteiger charge is 2.29. The van der Waals surface area contributed by atoms with Crippen molar-refractivity contribution >= 4 is 47.2 Å². The Bertz CT molecular complexity index is 1500. The smallest absolute Gasteiger partial charge is 0.407 e. The van der Waals surface area contributed by atoms with Crippen LogP contribution in [0, 0.1) is 17.2 Å². The predicted molar refractivity (Wildman–Crippen MR) is 178 cm³/mol. The van der Waals surface area contributed by atoms with Gasteiger partial charge in [0, 0.05) is 40.1 Å². The third-order valence-electron chi connectivity index (χ3n) is 7.34. The SMILES string of the molecule is CC(C)(C)OC(=O)NCCC1CCN(C(=O)C(Cc2cccc(C#N)c2)NSc2cccc(-c3ccc(Cl)cc3Cl)c2)CC1. The van der Waals surface area contributed by atoms with Crippen molar-refractivity contribution in [3.05, 3.63) is 87.9 Å². The van der Waals surface area contributed by atoms with Gasteiger partial charge in [-0.25, -0.2) is 9.52 Å². The van der Waals surface area contributed by atoms with Gasteiger partial charge in [-0.15, -0.1) is 0 Å². The number of carbonyl (C=O) groups excluding carboxylic acids is 2. The van der Waals surface area contributed by atoms with Gasteiger partial charge in [-0.1, -0.05) is 53.5 Å².